The molecule has 1 aliphatic heterocycles. The zero-order chi connectivity index (χ0) is 11.9. The lowest BCUT2D eigenvalue weighted by molar-refractivity contribution is 0.489. The molecule has 3 rings (SSSR count). The minimum Gasteiger partial charge on any atom is -0.431 e. The lowest BCUT2D eigenvalue weighted by atomic mass is 10.3. The van der Waals surface area contributed by atoms with Crippen LogP contribution in [0.25, 0.3) is 11.1 Å². The van der Waals surface area contributed by atoms with Gasteiger partial charge in [0.1, 0.15) is 5.52 Å². The third-order valence-electron chi connectivity index (χ3n) is 2.42. The van der Waals surface area contributed by atoms with Crippen LogP contribution in [0.15, 0.2) is 45.4 Å². The first-order chi connectivity index (χ1) is 8.12. The van der Waals surface area contributed by atoms with E-state index in [1.165, 1.54) is 17.2 Å². The number of benzene rings is 1. The van der Waals surface area contributed by atoms with Crippen LogP contribution in [0.5, 0.6) is 0 Å². The summed E-state index contributed by atoms with van der Waals surface area (Å²) in [5.74, 6) is 0.121. The van der Waals surface area contributed by atoms with E-state index in [0.29, 0.717) is 5.22 Å². The Hall–Kier alpha value is -1.27. The molecule has 0 fully saturated rings. The Labute approximate surface area is 103 Å². The quantitative estimate of drug-likeness (QED) is 0.835. The summed E-state index contributed by atoms with van der Waals surface area (Å²) in [5.41, 5.74) is 1.51. The summed E-state index contributed by atoms with van der Waals surface area (Å²) < 4.78 is 28.0. The molecular weight excluding hydrogens is 258 g/mol. The molecule has 0 unspecified atom stereocenters. The molecule has 1 atom stereocenters. The van der Waals surface area contributed by atoms with E-state index in [-0.39, 0.29) is 11.0 Å². The highest BCUT2D eigenvalue weighted by atomic mass is 32.2. The summed E-state index contributed by atoms with van der Waals surface area (Å²) >= 11 is 1.34. The second-order valence-electron chi connectivity index (χ2n) is 3.76. The van der Waals surface area contributed by atoms with Crippen molar-refractivity contribution in [3.8, 4) is 0 Å². The summed E-state index contributed by atoms with van der Waals surface area (Å²) in [7, 11) is -3.02. The summed E-state index contributed by atoms with van der Waals surface area (Å²) in [5, 5.41) is 1.67. The Balaban J connectivity index is 1.84. The summed E-state index contributed by atoms with van der Waals surface area (Å²) in [4.78, 5) is 4.29. The van der Waals surface area contributed by atoms with Gasteiger partial charge in [-0.1, -0.05) is 30.0 Å². The highest BCUT2D eigenvalue weighted by Crippen LogP contribution is 2.30. The number of aromatic nitrogens is 1. The van der Waals surface area contributed by atoms with Gasteiger partial charge in [-0.05, 0) is 12.1 Å². The largest absolute Gasteiger partial charge is 0.431 e. The third kappa shape index (κ3) is 2.23. The van der Waals surface area contributed by atoms with E-state index in [4.69, 9.17) is 4.42 Å². The Bertz CT molecular complexity index is 655. The number of nitrogens with zero attached hydrogens (tertiary/aromatic N) is 1. The van der Waals surface area contributed by atoms with E-state index in [2.05, 4.69) is 4.98 Å². The summed E-state index contributed by atoms with van der Waals surface area (Å²) in [6.45, 7) is 0. The average molecular weight is 267 g/mol. The van der Waals surface area contributed by atoms with Crippen molar-refractivity contribution in [3.05, 3.63) is 35.7 Å². The van der Waals surface area contributed by atoms with Crippen LogP contribution in [-0.4, -0.2) is 24.4 Å². The van der Waals surface area contributed by atoms with Crippen molar-refractivity contribution in [3.63, 3.8) is 0 Å². The minimum atomic E-state index is -3.02. The predicted molar refractivity (Wildman–Crippen MR) is 66.6 cm³/mol. The molecule has 2 heterocycles. The maximum absolute atomic E-state index is 11.3. The number of sulfone groups is 1. The first-order valence-electron chi connectivity index (χ1n) is 5.06. The first kappa shape index (κ1) is 10.9. The maximum atomic E-state index is 11.3. The van der Waals surface area contributed by atoms with Crippen molar-refractivity contribution in [2.75, 3.05) is 5.75 Å². The number of para-hydroxylation sites is 2. The molecule has 17 heavy (non-hydrogen) atoms. The molecule has 0 aliphatic carbocycles. The average Bonchev–Trinajstić information content (AvgIpc) is 2.81. The second kappa shape index (κ2) is 3.89. The fraction of sp³-hybridized carbons (Fsp3) is 0.182. The molecule has 0 bridgehead atoms. The lowest BCUT2D eigenvalue weighted by Gasteiger charge is -2.00. The van der Waals surface area contributed by atoms with E-state index < -0.39 is 9.84 Å². The lowest BCUT2D eigenvalue weighted by Crippen LogP contribution is -2.06. The molecule has 1 aromatic heterocycles. The van der Waals surface area contributed by atoms with Crippen LogP contribution in [0.4, 0.5) is 0 Å². The molecule has 1 aromatic carbocycles. The molecule has 4 nitrogen and oxygen atoms in total. The van der Waals surface area contributed by atoms with Crippen molar-refractivity contribution in [2.45, 2.75) is 10.5 Å². The zero-order valence-electron chi connectivity index (χ0n) is 8.74. The van der Waals surface area contributed by atoms with E-state index in [1.54, 1.807) is 6.08 Å². The number of hydrogen-bond donors (Lipinski definition) is 0. The third-order valence-corrected chi connectivity index (χ3v) is 5.03. The van der Waals surface area contributed by atoms with Crippen LogP contribution >= 0.6 is 11.8 Å². The number of fused-ring (bicyclic) bond motifs is 1. The normalized spacial score (nSPS) is 22.2. The van der Waals surface area contributed by atoms with Gasteiger partial charge in [0.05, 0.1) is 5.75 Å². The smallest absolute Gasteiger partial charge is 0.257 e. The molecular formula is C11H9NO3S2. The van der Waals surface area contributed by atoms with Crippen LogP contribution in [0.1, 0.15) is 0 Å². The van der Waals surface area contributed by atoms with Crippen molar-refractivity contribution >= 4 is 32.7 Å². The highest BCUT2D eigenvalue weighted by Gasteiger charge is 2.24. The van der Waals surface area contributed by atoms with Gasteiger partial charge in [-0.2, -0.15) is 0 Å². The van der Waals surface area contributed by atoms with Gasteiger partial charge in [0, 0.05) is 10.7 Å². The van der Waals surface area contributed by atoms with Gasteiger partial charge in [-0.25, -0.2) is 13.4 Å². The minimum absolute atomic E-state index is 0.104. The highest BCUT2D eigenvalue weighted by molar-refractivity contribution is 8.02. The van der Waals surface area contributed by atoms with Crippen molar-refractivity contribution in [2.24, 2.45) is 0 Å². The molecule has 1 aliphatic rings. The summed E-state index contributed by atoms with van der Waals surface area (Å²) in [6.07, 6.45) is 1.68. The Morgan fingerprint density at radius 2 is 2.18 bits per heavy atom. The SMILES string of the molecule is O=S1(=O)C=C[C@@H](Sc2nc3ccccc3o2)C1. The van der Waals surface area contributed by atoms with Gasteiger partial charge >= 0.3 is 0 Å². The molecule has 6 heteroatoms. The van der Waals surface area contributed by atoms with Gasteiger partial charge in [-0.3, -0.25) is 0 Å². The first-order valence-corrected chi connectivity index (χ1v) is 7.65. The van der Waals surface area contributed by atoms with Crippen LogP contribution in [0, 0.1) is 0 Å². The van der Waals surface area contributed by atoms with E-state index in [1.807, 2.05) is 24.3 Å². The Morgan fingerprint density at radius 1 is 1.35 bits per heavy atom. The summed E-state index contributed by atoms with van der Waals surface area (Å²) in [6, 6.07) is 7.47. The number of hydrogen-bond acceptors (Lipinski definition) is 5. The Morgan fingerprint density at radius 3 is 2.88 bits per heavy atom. The van der Waals surface area contributed by atoms with Crippen LogP contribution in [0.3, 0.4) is 0 Å². The molecule has 88 valence electrons. The molecule has 0 amide bonds. The van der Waals surface area contributed by atoms with Crippen molar-refractivity contribution in [1.82, 2.24) is 4.98 Å². The molecule has 2 aromatic rings. The topological polar surface area (TPSA) is 60.2 Å². The number of oxazole rings is 1. The van der Waals surface area contributed by atoms with Crippen LogP contribution < -0.4 is 0 Å². The van der Waals surface area contributed by atoms with Gasteiger partial charge < -0.3 is 4.42 Å². The van der Waals surface area contributed by atoms with E-state index in [0.717, 1.165) is 11.1 Å². The van der Waals surface area contributed by atoms with Gasteiger partial charge in [-0.15, -0.1) is 0 Å². The molecule has 0 spiro atoms. The second-order valence-corrected chi connectivity index (χ2v) is 6.88. The zero-order valence-corrected chi connectivity index (χ0v) is 10.4. The van der Waals surface area contributed by atoms with Crippen LogP contribution in [0.2, 0.25) is 0 Å². The Kier molecular flexibility index (Phi) is 2.48. The number of thioether (sulfide) groups is 1. The van der Waals surface area contributed by atoms with Crippen molar-refractivity contribution in [1.29, 1.82) is 0 Å². The van der Waals surface area contributed by atoms with Gasteiger partial charge in [0.2, 0.25) is 0 Å². The van der Waals surface area contributed by atoms with Gasteiger partial charge in [0.25, 0.3) is 5.22 Å². The molecule has 0 saturated heterocycles. The molecule has 0 saturated carbocycles. The maximum Gasteiger partial charge on any atom is 0.257 e. The van der Waals surface area contributed by atoms with E-state index >= 15 is 0 Å². The predicted octanol–water partition coefficient (Wildman–Crippen LogP) is 2.23. The fourth-order valence-corrected chi connectivity index (χ4v) is 4.41. The molecule has 0 radical (unpaired) electrons. The van der Waals surface area contributed by atoms with Gasteiger partial charge in [0.15, 0.2) is 15.4 Å². The van der Waals surface area contributed by atoms with E-state index in [9.17, 15) is 8.42 Å². The van der Waals surface area contributed by atoms with Crippen LogP contribution in [-0.2, 0) is 9.84 Å². The monoisotopic (exact) mass is 267 g/mol. The number of rotatable bonds is 2. The fourth-order valence-electron chi connectivity index (χ4n) is 1.65. The molecule has 0 N–H and O–H groups in total. The standard InChI is InChI=1S/C11H9NO3S2/c13-17(14)6-5-8(7-17)16-11-12-9-3-1-2-4-10(9)15-11/h1-6,8H,7H2/t8-/m1/s1. The van der Waals surface area contributed by atoms with Crippen molar-refractivity contribution < 1.29 is 12.8 Å².